The molecule has 0 radical (unpaired) electrons. The molecular formula is C6H8NNaO2S. The van der Waals surface area contributed by atoms with E-state index >= 15 is 0 Å². The van der Waals surface area contributed by atoms with E-state index in [1.165, 1.54) is 0 Å². The van der Waals surface area contributed by atoms with Crippen LogP contribution in [0.25, 0.3) is 0 Å². The quantitative estimate of drug-likeness (QED) is 0.516. The molecule has 1 rings (SSSR count). The predicted molar refractivity (Wildman–Crippen MR) is 41.5 cm³/mol. The Bertz CT molecular complexity index is 277. The van der Waals surface area contributed by atoms with Crippen LogP contribution >= 0.6 is 11.3 Å². The van der Waals surface area contributed by atoms with E-state index < -0.39 is 5.97 Å². The van der Waals surface area contributed by atoms with E-state index in [0.717, 1.165) is 16.9 Å². The van der Waals surface area contributed by atoms with Crippen molar-refractivity contribution >= 4 is 23.0 Å². The van der Waals surface area contributed by atoms with Crippen molar-refractivity contribution in [3.63, 3.8) is 0 Å². The molecule has 0 bridgehead atoms. The Hall–Kier alpha value is -0.0300. The summed E-state index contributed by atoms with van der Waals surface area (Å²) >= 11 is 1.16. The molecular weight excluding hydrogens is 173 g/mol. The number of carboxylic acids is 1. The zero-order chi connectivity index (χ0) is 7.72. The molecule has 0 atom stereocenters. The Labute approximate surface area is 92.0 Å². The number of thiophene rings is 1. The van der Waals surface area contributed by atoms with Crippen LogP contribution in [-0.2, 0) is 0 Å². The molecule has 11 heavy (non-hydrogen) atoms. The summed E-state index contributed by atoms with van der Waals surface area (Å²) in [6.45, 7) is 1.79. The number of hydrogen-bond donors (Lipinski definition) is 2. The number of carbonyl (C=O) groups is 1. The fourth-order valence-electron chi connectivity index (χ4n) is 0.619. The number of anilines is 1. The van der Waals surface area contributed by atoms with Gasteiger partial charge in [0.2, 0.25) is 0 Å². The van der Waals surface area contributed by atoms with E-state index in [9.17, 15) is 4.79 Å². The Morgan fingerprint density at radius 1 is 1.82 bits per heavy atom. The number of aromatic carboxylic acids is 1. The van der Waals surface area contributed by atoms with Gasteiger partial charge in [0.05, 0.1) is 5.69 Å². The van der Waals surface area contributed by atoms with Crippen molar-refractivity contribution in [2.75, 3.05) is 5.73 Å². The average Bonchev–Trinajstić information content (AvgIpc) is 2.14. The number of nitrogen functional groups attached to an aromatic ring is 1. The SMILES string of the molecule is Cc1csc(C(=O)O)c1N.[H-].[Na+]. The van der Waals surface area contributed by atoms with E-state index in [-0.39, 0.29) is 35.9 Å². The maximum atomic E-state index is 10.4. The summed E-state index contributed by atoms with van der Waals surface area (Å²) in [4.78, 5) is 10.6. The predicted octanol–water partition coefficient (Wildman–Crippen LogP) is -1.55. The van der Waals surface area contributed by atoms with E-state index in [4.69, 9.17) is 10.8 Å². The first-order valence-corrected chi connectivity index (χ1v) is 3.57. The minimum atomic E-state index is -0.949. The Morgan fingerprint density at radius 3 is 2.55 bits per heavy atom. The van der Waals surface area contributed by atoms with Gasteiger partial charge < -0.3 is 12.3 Å². The minimum Gasteiger partial charge on any atom is -1.00 e. The first-order valence-electron chi connectivity index (χ1n) is 2.69. The van der Waals surface area contributed by atoms with Gasteiger partial charge in [-0.1, -0.05) is 0 Å². The molecule has 3 nitrogen and oxygen atoms in total. The molecule has 1 heterocycles. The number of carboxylic acid groups (broad SMARTS) is 1. The van der Waals surface area contributed by atoms with E-state index in [0.29, 0.717) is 5.69 Å². The van der Waals surface area contributed by atoms with Crippen molar-refractivity contribution in [2.45, 2.75) is 6.92 Å². The normalized spacial score (nSPS) is 8.82. The first-order chi connectivity index (χ1) is 4.63. The fourth-order valence-corrected chi connectivity index (χ4v) is 1.43. The van der Waals surface area contributed by atoms with Crippen molar-refractivity contribution < 1.29 is 40.9 Å². The second kappa shape index (κ2) is 4.11. The third-order valence-electron chi connectivity index (χ3n) is 1.22. The zero-order valence-electron chi connectivity index (χ0n) is 7.42. The van der Waals surface area contributed by atoms with E-state index in [2.05, 4.69) is 0 Å². The molecule has 5 heteroatoms. The zero-order valence-corrected chi connectivity index (χ0v) is 9.23. The number of hydrogen-bond acceptors (Lipinski definition) is 3. The molecule has 1 aromatic heterocycles. The Balaban J connectivity index is 0. The summed E-state index contributed by atoms with van der Waals surface area (Å²) in [6.07, 6.45) is 0. The van der Waals surface area contributed by atoms with Crippen LogP contribution in [0, 0.1) is 6.92 Å². The van der Waals surface area contributed by atoms with Crippen LogP contribution in [-0.4, -0.2) is 11.1 Å². The molecule has 1 aromatic rings. The molecule has 0 aliphatic rings. The third kappa shape index (κ3) is 2.20. The fraction of sp³-hybridized carbons (Fsp3) is 0.167. The van der Waals surface area contributed by atoms with E-state index in [1.54, 1.807) is 12.3 Å². The van der Waals surface area contributed by atoms with Gasteiger partial charge in [-0.15, -0.1) is 11.3 Å². The molecule has 0 aromatic carbocycles. The number of nitrogens with two attached hydrogens (primary N) is 1. The molecule has 0 saturated heterocycles. The van der Waals surface area contributed by atoms with Gasteiger partial charge in [-0.05, 0) is 17.9 Å². The standard InChI is InChI=1S/C6H7NO2S.Na.H/c1-3-2-10-5(4(3)7)6(8)9;;/h2H,7H2,1H3,(H,8,9);;/q;+1;-1. The second-order valence-corrected chi connectivity index (χ2v) is 2.85. The van der Waals surface area contributed by atoms with Gasteiger partial charge in [0.15, 0.2) is 0 Å². The van der Waals surface area contributed by atoms with Gasteiger partial charge in [0.1, 0.15) is 4.88 Å². The van der Waals surface area contributed by atoms with Gasteiger partial charge in [-0.3, -0.25) is 0 Å². The van der Waals surface area contributed by atoms with E-state index in [1.807, 2.05) is 0 Å². The van der Waals surface area contributed by atoms with Crippen molar-refractivity contribution in [2.24, 2.45) is 0 Å². The summed E-state index contributed by atoms with van der Waals surface area (Å²) in [6, 6.07) is 0. The molecule has 0 unspecified atom stereocenters. The van der Waals surface area contributed by atoms with Crippen LogP contribution < -0.4 is 35.3 Å². The molecule has 3 N–H and O–H groups in total. The van der Waals surface area contributed by atoms with Gasteiger partial charge in [0, 0.05) is 0 Å². The molecule has 0 amide bonds. The topological polar surface area (TPSA) is 63.3 Å². The second-order valence-electron chi connectivity index (χ2n) is 1.97. The molecule has 0 fully saturated rings. The van der Waals surface area contributed by atoms with Crippen LogP contribution in [0.2, 0.25) is 0 Å². The summed E-state index contributed by atoms with van der Waals surface area (Å²) < 4.78 is 0. The van der Waals surface area contributed by atoms with Gasteiger partial charge in [-0.2, -0.15) is 0 Å². The summed E-state index contributed by atoms with van der Waals surface area (Å²) in [5, 5.41) is 10.2. The average molecular weight is 181 g/mol. The molecule has 56 valence electrons. The van der Waals surface area contributed by atoms with Gasteiger partial charge in [-0.25, -0.2) is 4.79 Å². The van der Waals surface area contributed by atoms with Crippen LogP contribution in [0.5, 0.6) is 0 Å². The van der Waals surface area contributed by atoms with Crippen LogP contribution in [0.15, 0.2) is 5.38 Å². The van der Waals surface area contributed by atoms with Crippen molar-refractivity contribution in [1.29, 1.82) is 0 Å². The molecule has 0 aliphatic carbocycles. The monoisotopic (exact) mass is 181 g/mol. The third-order valence-corrected chi connectivity index (χ3v) is 2.32. The van der Waals surface area contributed by atoms with Crippen molar-refractivity contribution in [3.8, 4) is 0 Å². The van der Waals surface area contributed by atoms with Crippen LogP contribution in [0.4, 0.5) is 5.69 Å². The smallest absolute Gasteiger partial charge is 1.00 e. The van der Waals surface area contributed by atoms with Crippen LogP contribution in [0.1, 0.15) is 16.7 Å². The van der Waals surface area contributed by atoms with Crippen LogP contribution in [0.3, 0.4) is 0 Å². The first kappa shape index (κ1) is 11.0. The Morgan fingerprint density at radius 2 is 2.36 bits per heavy atom. The van der Waals surface area contributed by atoms with Crippen molar-refractivity contribution in [1.82, 2.24) is 0 Å². The number of aryl methyl sites for hydroxylation is 1. The van der Waals surface area contributed by atoms with Gasteiger partial charge in [0.25, 0.3) is 0 Å². The maximum Gasteiger partial charge on any atom is 1.00 e. The molecule has 0 saturated carbocycles. The summed E-state index contributed by atoms with van der Waals surface area (Å²) in [7, 11) is 0. The van der Waals surface area contributed by atoms with Gasteiger partial charge >= 0.3 is 35.5 Å². The summed E-state index contributed by atoms with van der Waals surface area (Å²) in [5.41, 5.74) is 6.66. The largest absolute Gasteiger partial charge is 1.00 e. The molecule has 0 spiro atoms. The molecule has 0 aliphatic heterocycles. The maximum absolute atomic E-state index is 10.4. The Kier molecular flexibility index (Phi) is 4.10. The summed E-state index contributed by atoms with van der Waals surface area (Å²) in [5.74, 6) is -0.949. The minimum absolute atomic E-state index is 0. The van der Waals surface area contributed by atoms with Crippen molar-refractivity contribution in [3.05, 3.63) is 15.8 Å². The number of rotatable bonds is 1.